The fourth-order valence-corrected chi connectivity index (χ4v) is 2.16. The van der Waals surface area contributed by atoms with E-state index in [1.165, 1.54) is 16.7 Å². The number of hydrogen-bond acceptors (Lipinski definition) is 1. The SMILES string of the molecule is CC(=C(C=CC=O)Cc1ccccc1)c1ccccc1. The van der Waals surface area contributed by atoms with Crippen LogP contribution in [0.2, 0.25) is 0 Å². The second-order valence-electron chi connectivity index (χ2n) is 4.67. The van der Waals surface area contributed by atoms with Crippen molar-refractivity contribution in [1.29, 1.82) is 0 Å². The predicted octanol–water partition coefficient (Wildman–Crippen LogP) is 4.46. The molecule has 0 aliphatic heterocycles. The summed E-state index contributed by atoms with van der Waals surface area (Å²) in [4.78, 5) is 10.6. The molecule has 0 unspecified atom stereocenters. The van der Waals surface area contributed by atoms with Crippen molar-refractivity contribution in [2.24, 2.45) is 0 Å². The van der Waals surface area contributed by atoms with Crippen LogP contribution in [0.3, 0.4) is 0 Å². The highest BCUT2D eigenvalue weighted by Gasteiger charge is 2.03. The van der Waals surface area contributed by atoms with Crippen LogP contribution in [0.1, 0.15) is 18.1 Å². The zero-order valence-electron chi connectivity index (χ0n) is 11.6. The number of carbonyl (C=O) groups is 1. The van der Waals surface area contributed by atoms with Crippen LogP contribution in [0.25, 0.3) is 5.57 Å². The molecule has 2 aromatic rings. The highest BCUT2D eigenvalue weighted by atomic mass is 16.1. The molecule has 0 N–H and O–H groups in total. The molecule has 0 amide bonds. The van der Waals surface area contributed by atoms with E-state index in [-0.39, 0.29) is 0 Å². The maximum absolute atomic E-state index is 10.6. The third-order valence-electron chi connectivity index (χ3n) is 3.30. The molecule has 0 saturated carbocycles. The largest absolute Gasteiger partial charge is 0.299 e. The van der Waals surface area contributed by atoms with Crippen LogP contribution in [0.15, 0.2) is 78.4 Å². The van der Waals surface area contributed by atoms with Crippen molar-refractivity contribution in [1.82, 2.24) is 0 Å². The topological polar surface area (TPSA) is 17.1 Å². The standard InChI is InChI=1S/C19H18O/c1-16(18-11-6-3-7-12-18)19(13-8-14-20)15-17-9-4-2-5-10-17/h2-14H,15H2,1H3. The normalized spacial score (nSPS) is 12.2. The van der Waals surface area contributed by atoms with Gasteiger partial charge in [0.05, 0.1) is 0 Å². The lowest BCUT2D eigenvalue weighted by molar-refractivity contribution is -0.104. The maximum atomic E-state index is 10.6. The van der Waals surface area contributed by atoms with E-state index in [4.69, 9.17) is 0 Å². The Bertz CT molecular complexity index is 607. The average molecular weight is 262 g/mol. The van der Waals surface area contributed by atoms with Gasteiger partial charge in [0.25, 0.3) is 0 Å². The molecular weight excluding hydrogens is 244 g/mol. The number of carbonyl (C=O) groups excluding carboxylic acids is 1. The summed E-state index contributed by atoms with van der Waals surface area (Å²) in [6.07, 6.45) is 5.11. The minimum atomic E-state index is 0.823. The third-order valence-corrected chi connectivity index (χ3v) is 3.30. The van der Waals surface area contributed by atoms with Gasteiger partial charge in [-0.05, 0) is 41.7 Å². The van der Waals surface area contributed by atoms with Crippen LogP contribution < -0.4 is 0 Å². The lowest BCUT2D eigenvalue weighted by atomic mass is 9.96. The summed E-state index contributed by atoms with van der Waals surface area (Å²) in [5.74, 6) is 0. The first-order valence-corrected chi connectivity index (χ1v) is 6.72. The summed E-state index contributed by atoms with van der Waals surface area (Å²) >= 11 is 0. The van der Waals surface area contributed by atoms with E-state index >= 15 is 0 Å². The van der Waals surface area contributed by atoms with Gasteiger partial charge in [0.1, 0.15) is 6.29 Å². The Kier molecular flexibility index (Phi) is 5.08. The third kappa shape index (κ3) is 3.79. The molecule has 0 saturated heterocycles. The van der Waals surface area contributed by atoms with Crippen molar-refractivity contribution < 1.29 is 4.79 Å². The summed E-state index contributed by atoms with van der Waals surface area (Å²) in [6.45, 7) is 2.10. The van der Waals surface area contributed by atoms with Crippen LogP contribution in [0.5, 0.6) is 0 Å². The van der Waals surface area contributed by atoms with E-state index in [1.54, 1.807) is 6.08 Å². The molecule has 0 bridgehead atoms. The molecule has 0 heterocycles. The van der Waals surface area contributed by atoms with Crippen molar-refractivity contribution >= 4 is 11.9 Å². The van der Waals surface area contributed by atoms with Gasteiger partial charge in [-0.25, -0.2) is 0 Å². The fraction of sp³-hybridized carbons (Fsp3) is 0.105. The molecule has 0 fully saturated rings. The molecule has 20 heavy (non-hydrogen) atoms. The molecule has 0 aliphatic carbocycles. The van der Waals surface area contributed by atoms with E-state index in [9.17, 15) is 4.79 Å². The van der Waals surface area contributed by atoms with Crippen molar-refractivity contribution in [3.05, 3.63) is 89.5 Å². The molecule has 1 heteroatoms. The fourth-order valence-electron chi connectivity index (χ4n) is 2.16. The van der Waals surface area contributed by atoms with Crippen molar-refractivity contribution in [3.63, 3.8) is 0 Å². The summed E-state index contributed by atoms with van der Waals surface area (Å²) in [5, 5.41) is 0. The first kappa shape index (κ1) is 14.0. The first-order chi connectivity index (χ1) is 9.81. The Morgan fingerprint density at radius 3 is 2.15 bits per heavy atom. The lowest BCUT2D eigenvalue weighted by Gasteiger charge is -2.09. The Labute approximate surface area is 120 Å². The first-order valence-electron chi connectivity index (χ1n) is 6.72. The van der Waals surface area contributed by atoms with Crippen LogP contribution >= 0.6 is 0 Å². The van der Waals surface area contributed by atoms with Gasteiger partial charge < -0.3 is 0 Å². The van der Waals surface area contributed by atoms with Crippen molar-refractivity contribution in [3.8, 4) is 0 Å². The van der Waals surface area contributed by atoms with Crippen LogP contribution in [0.4, 0.5) is 0 Å². The second-order valence-corrected chi connectivity index (χ2v) is 4.67. The molecular formula is C19H18O. The number of benzene rings is 2. The summed E-state index contributed by atoms with van der Waals surface area (Å²) in [5.41, 5.74) is 4.80. The minimum Gasteiger partial charge on any atom is -0.299 e. The summed E-state index contributed by atoms with van der Waals surface area (Å²) in [7, 11) is 0. The van der Waals surface area contributed by atoms with E-state index in [0.717, 1.165) is 18.3 Å². The van der Waals surface area contributed by atoms with Crippen LogP contribution in [0, 0.1) is 0 Å². The van der Waals surface area contributed by atoms with Crippen LogP contribution in [-0.4, -0.2) is 6.29 Å². The molecule has 100 valence electrons. The van der Waals surface area contributed by atoms with E-state index in [0.29, 0.717) is 0 Å². The van der Waals surface area contributed by atoms with Crippen molar-refractivity contribution in [2.75, 3.05) is 0 Å². The van der Waals surface area contributed by atoms with E-state index in [1.807, 2.05) is 42.5 Å². The van der Waals surface area contributed by atoms with Gasteiger partial charge >= 0.3 is 0 Å². The maximum Gasteiger partial charge on any atom is 0.142 e. The Morgan fingerprint density at radius 1 is 0.950 bits per heavy atom. The molecule has 2 rings (SSSR count). The predicted molar refractivity (Wildman–Crippen MR) is 84.4 cm³/mol. The smallest absolute Gasteiger partial charge is 0.142 e. The zero-order chi connectivity index (χ0) is 14.2. The van der Waals surface area contributed by atoms with Gasteiger partial charge in [-0.1, -0.05) is 66.7 Å². The second kappa shape index (κ2) is 7.25. The monoisotopic (exact) mass is 262 g/mol. The number of hydrogen-bond donors (Lipinski definition) is 0. The Morgan fingerprint density at radius 2 is 1.55 bits per heavy atom. The van der Waals surface area contributed by atoms with Gasteiger partial charge in [0.15, 0.2) is 0 Å². The minimum absolute atomic E-state index is 0.823. The van der Waals surface area contributed by atoms with Gasteiger partial charge in [0, 0.05) is 0 Å². The molecule has 2 aromatic carbocycles. The van der Waals surface area contributed by atoms with Crippen LogP contribution in [-0.2, 0) is 11.2 Å². The number of rotatable bonds is 5. The highest BCUT2D eigenvalue weighted by Crippen LogP contribution is 2.22. The van der Waals surface area contributed by atoms with Gasteiger partial charge in [-0.2, -0.15) is 0 Å². The van der Waals surface area contributed by atoms with Gasteiger partial charge in [-0.15, -0.1) is 0 Å². The molecule has 0 radical (unpaired) electrons. The van der Waals surface area contributed by atoms with E-state index in [2.05, 4.69) is 31.2 Å². The Balaban J connectivity index is 2.36. The number of allylic oxidation sites excluding steroid dienone is 4. The molecule has 1 nitrogen and oxygen atoms in total. The van der Waals surface area contributed by atoms with Crippen molar-refractivity contribution in [2.45, 2.75) is 13.3 Å². The summed E-state index contributed by atoms with van der Waals surface area (Å²) < 4.78 is 0. The highest BCUT2D eigenvalue weighted by molar-refractivity contribution is 5.73. The van der Waals surface area contributed by atoms with Gasteiger partial charge in [-0.3, -0.25) is 4.79 Å². The molecule has 0 spiro atoms. The Hall–Kier alpha value is -2.41. The number of aldehydes is 1. The quantitative estimate of drug-likeness (QED) is 0.442. The summed E-state index contributed by atoms with van der Waals surface area (Å²) in [6, 6.07) is 20.5. The molecule has 0 aromatic heterocycles. The average Bonchev–Trinajstić information content (AvgIpc) is 2.52. The lowest BCUT2D eigenvalue weighted by Crippen LogP contribution is -1.92. The molecule has 0 atom stereocenters. The van der Waals surface area contributed by atoms with Gasteiger partial charge in [0.2, 0.25) is 0 Å². The zero-order valence-corrected chi connectivity index (χ0v) is 11.6. The van der Waals surface area contributed by atoms with E-state index < -0.39 is 0 Å². The molecule has 0 aliphatic rings.